The molecule has 1 unspecified atom stereocenters. The molecular weight excluding hydrogens is 378 g/mol. The Labute approximate surface area is 177 Å². The van der Waals surface area contributed by atoms with Crippen LogP contribution in [0, 0.1) is 0 Å². The number of rotatable bonds is 7. The summed E-state index contributed by atoms with van der Waals surface area (Å²) in [4.78, 5) is 28.9. The number of ether oxygens (including phenoxy) is 1. The van der Waals surface area contributed by atoms with Crippen LogP contribution in [0.1, 0.15) is 50.0 Å². The van der Waals surface area contributed by atoms with Gasteiger partial charge in [0.1, 0.15) is 11.9 Å². The SMILES string of the molecule is CC(C)=C/C(=C\N(C)C=O)c1cc2c(c(OC(C)c3cccnc3)c1)NC(=O)CC2. The number of pyridine rings is 1. The predicted octanol–water partition coefficient (Wildman–Crippen LogP) is 4.50. The van der Waals surface area contributed by atoms with Crippen molar-refractivity contribution in [1.29, 1.82) is 0 Å². The van der Waals surface area contributed by atoms with E-state index >= 15 is 0 Å². The highest BCUT2D eigenvalue weighted by atomic mass is 16.5. The van der Waals surface area contributed by atoms with Gasteiger partial charge in [-0.05, 0) is 62.1 Å². The van der Waals surface area contributed by atoms with Crippen molar-refractivity contribution in [3.8, 4) is 5.75 Å². The molecule has 30 heavy (non-hydrogen) atoms. The summed E-state index contributed by atoms with van der Waals surface area (Å²) < 4.78 is 6.29. The average Bonchev–Trinajstić information content (AvgIpc) is 2.73. The topological polar surface area (TPSA) is 71.5 Å². The minimum absolute atomic E-state index is 0.0186. The molecule has 0 fully saturated rings. The fourth-order valence-corrected chi connectivity index (χ4v) is 3.35. The molecule has 0 aliphatic carbocycles. The number of hydrogen-bond donors (Lipinski definition) is 1. The zero-order valence-corrected chi connectivity index (χ0v) is 17.8. The maximum Gasteiger partial charge on any atom is 0.224 e. The first-order valence-electron chi connectivity index (χ1n) is 9.95. The minimum atomic E-state index is -0.245. The summed E-state index contributed by atoms with van der Waals surface area (Å²) in [5.41, 5.74) is 5.60. The van der Waals surface area contributed by atoms with Crippen molar-refractivity contribution >= 4 is 23.6 Å². The number of benzene rings is 1. The van der Waals surface area contributed by atoms with E-state index in [2.05, 4.69) is 16.4 Å². The smallest absolute Gasteiger partial charge is 0.224 e. The minimum Gasteiger partial charge on any atom is -0.484 e. The van der Waals surface area contributed by atoms with E-state index in [1.807, 2.05) is 45.0 Å². The Morgan fingerprint density at radius 3 is 2.77 bits per heavy atom. The number of hydrogen-bond acceptors (Lipinski definition) is 4. The molecule has 2 heterocycles. The van der Waals surface area contributed by atoms with E-state index in [9.17, 15) is 9.59 Å². The summed E-state index contributed by atoms with van der Waals surface area (Å²) in [6, 6.07) is 7.80. The molecule has 1 aromatic carbocycles. The summed E-state index contributed by atoms with van der Waals surface area (Å²) in [7, 11) is 1.70. The second-order valence-corrected chi connectivity index (χ2v) is 7.68. The van der Waals surface area contributed by atoms with E-state index in [-0.39, 0.29) is 12.0 Å². The van der Waals surface area contributed by atoms with Crippen molar-refractivity contribution in [2.24, 2.45) is 0 Å². The number of anilines is 1. The van der Waals surface area contributed by atoms with E-state index < -0.39 is 0 Å². The maximum atomic E-state index is 12.0. The lowest BCUT2D eigenvalue weighted by molar-refractivity contribution is -0.116. The van der Waals surface area contributed by atoms with Gasteiger partial charge in [-0.3, -0.25) is 14.6 Å². The molecule has 6 nitrogen and oxygen atoms in total. The van der Waals surface area contributed by atoms with E-state index in [4.69, 9.17) is 4.74 Å². The molecule has 6 heteroatoms. The number of carbonyl (C=O) groups is 2. The van der Waals surface area contributed by atoms with Crippen LogP contribution in [0.4, 0.5) is 5.69 Å². The number of amides is 2. The van der Waals surface area contributed by atoms with Crippen molar-refractivity contribution in [3.05, 3.63) is 71.2 Å². The van der Waals surface area contributed by atoms with Crippen molar-refractivity contribution in [2.45, 2.75) is 39.7 Å². The van der Waals surface area contributed by atoms with Crippen LogP contribution < -0.4 is 10.1 Å². The number of fused-ring (bicyclic) bond motifs is 1. The number of nitrogens with one attached hydrogen (secondary N) is 1. The summed E-state index contributed by atoms with van der Waals surface area (Å²) in [5, 5.41) is 2.96. The van der Waals surface area contributed by atoms with E-state index in [0.717, 1.165) is 34.2 Å². The van der Waals surface area contributed by atoms with Gasteiger partial charge < -0.3 is 15.0 Å². The van der Waals surface area contributed by atoms with Crippen molar-refractivity contribution < 1.29 is 14.3 Å². The van der Waals surface area contributed by atoms with Gasteiger partial charge in [0.25, 0.3) is 0 Å². The van der Waals surface area contributed by atoms with Crippen LogP contribution in [-0.2, 0) is 16.0 Å². The Bertz CT molecular complexity index is 992. The van der Waals surface area contributed by atoms with Crippen molar-refractivity contribution in [2.75, 3.05) is 12.4 Å². The summed E-state index contributed by atoms with van der Waals surface area (Å²) in [6.45, 7) is 5.97. The normalized spacial score (nSPS) is 14.3. The molecule has 0 spiro atoms. The van der Waals surface area contributed by atoms with Crippen molar-refractivity contribution in [3.63, 3.8) is 0 Å². The molecule has 0 saturated heterocycles. The number of aryl methyl sites for hydroxylation is 1. The molecule has 1 N–H and O–H groups in total. The summed E-state index contributed by atoms with van der Waals surface area (Å²) in [6.07, 6.45) is 8.90. The lowest BCUT2D eigenvalue weighted by Gasteiger charge is -2.24. The van der Waals surface area contributed by atoms with Gasteiger partial charge in [0.15, 0.2) is 0 Å². The van der Waals surface area contributed by atoms with Gasteiger partial charge in [-0.25, -0.2) is 0 Å². The second-order valence-electron chi connectivity index (χ2n) is 7.68. The van der Waals surface area contributed by atoms with Gasteiger partial charge in [-0.15, -0.1) is 0 Å². The average molecular weight is 405 g/mol. The van der Waals surface area contributed by atoms with Crippen molar-refractivity contribution in [1.82, 2.24) is 9.88 Å². The van der Waals surface area contributed by atoms with Gasteiger partial charge in [0.2, 0.25) is 12.3 Å². The van der Waals surface area contributed by atoms with E-state index in [1.165, 1.54) is 4.90 Å². The molecule has 0 bridgehead atoms. The standard InChI is InChI=1S/C24H27N3O3/c1-16(2)10-21(14-27(4)15-28)20-11-18-7-8-23(29)26-24(18)22(12-20)30-17(3)19-6-5-9-25-13-19/h5-6,9-15,17H,7-8H2,1-4H3,(H,26,29)/b21-14+. The molecule has 2 aromatic rings. The Balaban J connectivity index is 2.08. The van der Waals surface area contributed by atoms with Crippen LogP contribution in [0.15, 0.2) is 54.5 Å². The highest BCUT2D eigenvalue weighted by Crippen LogP contribution is 2.38. The van der Waals surface area contributed by atoms with Crippen LogP contribution in [-0.4, -0.2) is 29.2 Å². The molecule has 1 atom stereocenters. The highest BCUT2D eigenvalue weighted by molar-refractivity contribution is 5.96. The third kappa shape index (κ3) is 5.14. The van der Waals surface area contributed by atoms with Crippen LogP contribution in [0.25, 0.3) is 5.57 Å². The zero-order valence-electron chi connectivity index (χ0n) is 17.8. The molecule has 3 rings (SSSR count). The fourth-order valence-electron chi connectivity index (χ4n) is 3.35. The van der Waals surface area contributed by atoms with Crippen LogP contribution in [0.3, 0.4) is 0 Å². The lowest BCUT2D eigenvalue weighted by atomic mass is 9.95. The highest BCUT2D eigenvalue weighted by Gasteiger charge is 2.22. The summed E-state index contributed by atoms with van der Waals surface area (Å²) in [5.74, 6) is 0.587. The quantitative estimate of drug-likeness (QED) is 0.544. The van der Waals surface area contributed by atoms with Gasteiger partial charge in [-0.1, -0.05) is 17.7 Å². The Morgan fingerprint density at radius 2 is 2.10 bits per heavy atom. The first-order valence-corrected chi connectivity index (χ1v) is 9.95. The first kappa shape index (κ1) is 21.3. The molecule has 1 aliphatic heterocycles. The largest absolute Gasteiger partial charge is 0.484 e. The molecule has 156 valence electrons. The Morgan fingerprint density at radius 1 is 1.30 bits per heavy atom. The van der Waals surface area contributed by atoms with Crippen LogP contribution >= 0.6 is 0 Å². The first-order chi connectivity index (χ1) is 14.4. The van der Waals surface area contributed by atoms with Crippen LogP contribution in [0.2, 0.25) is 0 Å². The Hall–Kier alpha value is -3.41. The lowest BCUT2D eigenvalue weighted by Crippen LogP contribution is -2.20. The number of carbonyl (C=O) groups excluding carboxylic acids is 2. The predicted molar refractivity (Wildman–Crippen MR) is 118 cm³/mol. The van der Waals surface area contributed by atoms with Gasteiger partial charge in [0.05, 0.1) is 5.69 Å². The third-order valence-corrected chi connectivity index (χ3v) is 4.81. The van der Waals surface area contributed by atoms with Gasteiger partial charge >= 0.3 is 0 Å². The molecular formula is C24H27N3O3. The van der Waals surface area contributed by atoms with Crippen LogP contribution in [0.5, 0.6) is 5.75 Å². The number of aromatic nitrogens is 1. The fraction of sp³-hybridized carbons (Fsp3) is 0.292. The zero-order chi connectivity index (χ0) is 21.7. The van der Waals surface area contributed by atoms with E-state index in [0.29, 0.717) is 24.3 Å². The molecule has 0 saturated carbocycles. The molecule has 0 radical (unpaired) electrons. The van der Waals surface area contributed by atoms with E-state index in [1.54, 1.807) is 25.6 Å². The Kier molecular flexibility index (Phi) is 6.67. The molecule has 1 aliphatic rings. The number of nitrogens with zero attached hydrogens (tertiary/aromatic N) is 2. The number of allylic oxidation sites excluding steroid dienone is 3. The van der Waals surface area contributed by atoms with Gasteiger partial charge in [0, 0.05) is 37.6 Å². The second kappa shape index (κ2) is 9.39. The van der Waals surface area contributed by atoms with Gasteiger partial charge in [-0.2, -0.15) is 0 Å². The monoisotopic (exact) mass is 405 g/mol. The molecule has 2 amide bonds. The molecule has 1 aromatic heterocycles. The summed E-state index contributed by atoms with van der Waals surface area (Å²) >= 11 is 0. The maximum absolute atomic E-state index is 12.0. The third-order valence-electron chi connectivity index (χ3n) is 4.81.